The molecule has 138 valence electrons. The number of halogens is 1. The van der Waals surface area contributed by atoms with Crippen molar-refractivity contribution in [2.75, 3.05) is 26.2 Å². The van der Waals surface area contributed by atoms with Crippen LogP contribution in [0.5, 0.6) is 0 Å². The number of aromatic nitrogens is 1. The highest BCUT2D eigenvalue weighted by Gasteiger charge is 2.35. The maximum Gasteiger partial charge on any atom is 0.222 e. The number of piperazine rings is 1. The van der Waals surface area contributed by atoms with E-state index in [0.29, 0.717) is 23.9 Å². The van der Waals surface area contributed by atoms with Crippen LogP contribution in [0.15, 0.2) is 24.5 Å². The van der Waals surface area contributed by atoms with Crippen LogP contribution >= 0.6 is 12.4 Å². The summed E-state index contributed by atoms with van der Waals surface area (Å²) in [5.41, 5.74) is 1.30. The Morgan fingerprint density at radius 3 is 2.36 bits per heavy atom. The monoisotopic (exact) mass is 364 g/mol. The van der Waals surface area contributed by atoms with E-state index in [1.807, 2.05) is 12.4 Å². The van der Waals surface area contributed by atoms with E-state index < -0.39 is 0 Å². The summed E-state index contributed by atoms with van der Waals surface area (Å²) < 4.78 is 0. The predicted molar refractivity (Wildman–Crippen MR) is 101 cm³/mol. The lowest BCUT2D eigenvalue weighted by molar-refractivity contribution is -0.134. The van der Waals surface area contributed by atoms with Crippen LogP contribution in [0.4, 0.5) is 0 Å². The number of fused-ring (bicyclic) bond motifs is 2. The number of piperidine rings is 1. The summed E-state index contributed by atoms with van der Waals surface area (Å²) in [7, 11) is 0. The van der Waals surface area contributed by atoms with Crippen molar-refractivity contribution in [3.8, 4) is 0 Å². The normalized spacial score (nSPS) is 29.3. The van der Waals surface area contributed by atoms with Gasteiger partial charge in [-0.15, -0.1) is 12.4 Å². The molecule has 0 saturated carbocycles. The molecule has 3 aliphatic rings. The molecule has 4 rings (SSSR count). The highest BCUT2D eigenvalue weighted by atomic mass is 35.5. The molecular weight excluding hydrogens is 336 g/mol. The van der Waals surface area contributed by atoms with Gasteiger partial charge in [-0.1, -0.05) is 0 Å². The van der Waals surface area contributed by atoms with Crippen molar-refractivity contribution in [2.24, 2.45) is 5.92 Å². The summed E-state index contributed by atoms with van der Waals surface area (Å²) in [6, 6.07) is 5.50. The molecule has 6 heteroatoms. The Kier molecular flexibility index (Phi) is 6.31. The third-order valence-corrected chi connectivity index (χ3v) is 5.91. The summed E-state index contributed by atoms with van der Waals surface area (Å²) in [6.07, 6.45) is 9.47. The lowest BCUT2D eigenvalue weighted by Gasteiger charge is -2.36. The van der Waals surface area contributed by atoms with Crippen molar-refractivity contribution in [3.05, 3.63) is 30.1 Å². The molecule has 0 aliphatic carbocycles. The van der Waals surface area contributed by atoms with Crippen LogP contribution in [0.2, 0.25) is 0 Å². The van der Waals surface area contributed by atoms with E-state index in [1.54, 1.807) is 0 Å². The minimum Gasteiger partial charge on any atom is -0.340 e. The minimum atomic E-state index is 0. The number of pyridine rings is 1. The number of carbonyl (C=O) groups is 1. The number of hydrogen-bond donors (Lipinski definition) is 1. The van der Waals surface area contributed by atoms with Gasteiger partial charge in [0.15, 0.2) is 0 Å². The molecule has 0 spiro atoms. The topological polar surface area (TPSA) is 48.5 Å². The zero-order valence-electron chi connectivity index (χ0n) is 14.8. The smallest absolute Gasteiger partial charge is 0.222 e. The fourth-order valence-corrected chi connectivity index (χ4v) is 4.62. The fraction of sp³-hybridized carbons (Fsp3) is 0.684. The van der Waals surface area contributed by atoms with Gasteiger partial charge in [0.25, 0.3) is 0 Å². The molecule has 1 aromatic heterocycles. The van der Waals surface area contributed by atoms with Gasteiger partial charge in [-0.3, -0.25) is 14.7 Å². The van der Waals surface area contributed by atoms with Crippen molar-refractivity contribution in [3.63, 3.8) is 0 Å². The van der Waals surface area contributed by atoms with Gasteiger partial charge in [0.2, 0.25) is 5.91 Å². The third-order valence-electron chi connectivity index (χ3n) is 5.91. The number of nitrogens with zero attached hydrogens (tertiary/aromatic N) is 3. The van der Waals surface area contributed by atoms with Crippen molar-refractivity contribution in [2.45, 2.75) is 50.7 Å². The average Bonchev–Trinajstić information content (AvgIpc) is 2.95. The Hall–Kier alpha value is -1.17. The second kappa shape index (κ2) is 8.47. The van der Waals surface area contributed by atoms with Gasteiger partial charge in [0, 0.05) is 63.6 Å². The van der Waals surface area contributed by atoms with E-state index in [2.05, 4.69) is 32.2 Å². The molecule has 3 fully saturated rings. The summed E-state index contributed by atoms with van der Waals surface area (Å²) in [5.74, 6) is 0.982. The van der Waals surface area contributed by atoms with Crippen LogP contribution in [0, 0.1) is 5.92 Å². The molecule has 25 heavy (non-hydrogen) atoms. The van der Waals surface area contributed by atoms with Crippen molar-refractivity contribution >= 4 is 18.3 Å². The molecule has 3 saturated heterocycles. The zero-order valence-corrected chi connectivity index (χ0v) is 15.6. The van der Waals surface area contributed by atoms with E-state index in [-0.39, 0.29) is 12.4 Å². The molecule has 1 aromatic rings. The van der Waals surface area contributed by atoms with Gasteiger partial charge in [0.1, 0.15) is 0 Å². The third kappa shape index (κ3) is 4.72. The second-order valence-electron chi connectivity index (χ2n) is 7.69. The predicted octanol–water partition coefficient (Wildman–Crippen LogP) is 2.07. The summed E-state index contributed by atoms with van der Waals surface area (Å²) >= 11 is 0. The highest BCUT2D eigenvalue weighted by Crippen LogP contribution is 2.33. The van der Waals surface area contributed by atoms with Gasteiger partial charge in [-0.25, -0.2) is 0 Å². The molecule has 0 radical (unpaired) electrons. The van der Waals surface area contributed by atoms with E-state index in [4.69, 9.17) is 0 Å². The Morgan fingerprint density at radius 1 is 1.08 bits per heavy atom. The first-order chi connectivity index (χ1) is 11.8. The number of amides is 1. The van der Waals surface area contributed by atoms with E-state index in [1.165, 1.54) is 31.2 Å². The van der Waals surface area contributed by atoms with Crippen LogP contribution in [0.25, 0.3) is 0 Å². The highest BCUT2D eigenvalue weighted by molar-refractivity contribution is 5.85. The molecule has 1 amide bonds. The SMILES string of the molecule is Cl.O=C(CC1CC2CCC(C1)N2)N1CCN(Cc2ccncc2)CC1. The number of hydrogen-bond acceptors (Lipinski definition) is 4. The molecule has 0 aromatic carbocycles. The fourth-order valence-electron chi connectivity index (χ4n) is 4.62. The van der Waals surface area contributed by atoms with Crippen LogP contribution in [0.1, 0.15) is 37.7 Å². The molecule has 1 N–H and O–H groups in total. The zero-order chi connectivity index (χ0) is 16.4. The van der Waals surface area contributed by atoms with Gasteiger partial charge >= 0.3 is 0 Å². The first kappa shape index (κ1) is 18.6. The van der Waals surface area contributed by atoms with Gasteiger partial charge < -0.3 is 10.2 Å². The Balaban J connectivity index is 0.00000182. The van der Waals surface area contributed by atoms with E-state index >= 15 is 0 Å². The number of carbonyl (C=O) groups excluding carboxylic acids is 1. The Morgan fingerprint density at radius 2 is 1.72 bits per heavy atom. The van der Waals surface area contributed by atoms with Crippen LogP contribution in [-0.4, -0.2) is 59.0 Å². The lowest BCUT2D eigenvalue weighted by atomic mass is 9.89. The molecule has 4 heterocycles. The Bertz CT molecular complexity index is 550. The molecule has 3 aliphatic heterocycles. The van der Waals surface area contributed by atoms with E-state index in [9.17, 15) is 4.79 Å². The first-order valence-electron chi connectivity index (χ1n) is 9.41. The average molecular weight is 365 g/mol. The maximum atomic E-state index is 12.6. The lowest BCUT2D eigenvalue weighted by Crippen LogP contribution is -2.49. The molecule has 2 atom stereocenters. The minimum absolute atomic E-state index is 0. The first-order valence-corrected chi connectivity index (χ1v) is 9.41. The van der Waals surface area contributed by atoms with Gasteiger partial charge in [0.05, 0.1) is 0 Å². The van der Waals surface area contributed by atoms with Crippen LogP contribution < -0.4 is 5.32 Å². The van der Waals surface area contributed by atoms with Gasteiger partial charge in [-0.2, -0.15) is 0 Å². The molecule has 2 bridgehead atoms. The van der Waals surface area contributed by atoms with E-state index in [0.717, 1.165) is 39.1 Å². The summed E-state index contributed by atoms with van der Waals surface area (Å²) in [6.45, 7) is 4.67. The summed E-state index contributed by atoms with van der Waals surface area (Å²) in [5, 5.41) is 3.67. The summed E-state index contributed by atoms with van der Waals surface area (Å²) in [4.78, 5) is 21.2. The molecule has 5 nitrogen and oxygen atoms in total. The maximum absolute atomic E-state index is 12.6. The second-order valence-corrected chi connectivity index (χ2v) is 7.69. The standard InChI is InChI=1S/C19H28N4O.ClH/c24-19(13-16-11-17-1-2-18(12-16)21-17)23-9-7-22(8-10-23)14-15-3-5-20-6-4-15;/h3-6,16-18,21H,1-2,7-14H2;1H. The van der Waals surface area contributed by atoms with Crippen LogP contribution in [0.3, 0.4) is 0 Å². The van der Waals surface area contributed by atoms with Crippen molar-refractivity contribution < 1.29 is 4.79 Å². The quantitative estimate of drug-likeness (QED) is 0.888. The van der Waals surface area contributed by atoms with Crippen molar-refractivity contribution in [1.29, 1.82) is 0 Å². The number of nitrogens with one attached hydrogen (secondary N) is 1. The molecule has 2 unspecified atom stereocenters. The van der Waals surface area contributed by atoms with Gasteiger partial charge in [-0.05, 0) is 49.3 Å². The Labute approximate surface area is 156 Å². The van der Waals surface area contributed by atoms with Crippen LogP contribution in [-0.2, 0) is 11.3 Å². The number of rotatable bonds is 4. The van der Waals surface area contributed by atoms with Crippen molar-refractivity contribution in [1.82, 2.24) is 20.1 Å². The largest absolute Gasteiger partial charge is 0.340 e. The molecular formula is C19H29ClN4O.